The van der Waals surface area contributed by atoms with Gasteiger partial charge in [0, 0.05) is 118 Å². The first-order valence-electron chi connectivity index (χ1n) is 21.4. The first kappa shape index (κ1) is 39.3. The van der Waals surface area contributed by atoms with Crippen molar-refractivity contribution < 1.29 is 19.2 Å². The summed E-state index contributed by atoms with van der Waals surface area (Å²) in [7, 11) is 0. The molecule has 12 nitrogen and oxygen atoms in total. The number of fused-ring (bicyclic) bond motifs is 1. The van der Waals surface area contributed by atoms with Gasteiger partial charge in [-0.2, -0.15) is 0 Å². The van der Waals surface area contributed by atoms with Crippen LogP contribution in [0.2, 0.25) is 5.02 Å². The number of piperazine rings is 1. The minimum Gasteiger partial charge on any atom is -0.371 e. The van der Waals surface area contributed by atoms with E-state index >= 15 is 0 Å². The number of likely N-dealkylation sites (tertiary alicyclic amines) is 1. The molecule has 1 N–H and O–H groups in total. The number of carbonyl (C=O) groups excluding carboxylic acids is 4. The molecule has 2 atom stereocenters. The van der Waals surface area contributed by atoms with Crippen LogP contribution < -0.4 is 20.0 Å². The van der Waals surface area contributed by atoms with Crippen LogP contribution in [-0.2, 0) is 16.1 Å². The van der Waals surface area contributed by atoms with Crippen LogP contribution >= 0.6 is 11.6 Å². The molecule has 0 aliphatic carbocycles. The minimum absolute atomic E-state index is 0.127. The highest BCUT2D eigenvalue weighted by Gasteiger charge is 2.44. The molecule has 0 saturated carbocycles. The molecule has 3 aromatic rings. The van der Waals surface area contributed by atoms with E-state index in [0.717, 1.165) is 120 Å². The quantitative estimate of drug-likeness (QED) is 0.222. The van der Waals surface area contributed by atoms with Crippen molar-refractivity contribution in [2.45, 2.75) is 70.5 Å². The van der Waals surface area contributed by atoms with Gasteiger partial charge in [-0.15, -0.1) is 0 Å². The van der Waals surface area contributed by atoms with Crippen molar-refractivity contribution in [3.05, 3.63) is 93.8 Å². The van der Waals surface area contributed by atoms with Crippen molar-refractivity contribution in [1.82, 2.24) is 20.0 Å². The molecule has 2 unspecified atom stereocenters. The Kier molecular flexibility index (Phi) is 10.8. The van der Waals surface area contributed by atoms with Crippen LogP contribution in [0, 0.1) is 17.9 Å². The molecule has 0 radical (unpaired) electrons. The van der Waals surface area contributed by atoms with E-state index in [-0.39, 0.29) is 35.5 Å². The summed E-state index contributed by atoms with van der Waals surface area (Å²) in [4.78, 5) is 67.8. The molecule has 0 bridgehead atoms. The Morgan fingerprint density at radius 2 is 1.53 bits per heavy atom. The third-order valence-electron chi connectivity index (χ3n) is 14.1. The van der Waals surface area contributed by atoms with Gasteiger partial charge in [0.25, 0.3) is 11.8 Å². The fourth-order valence-corrected chi connectivity index (χ4v) is 10.9. The predicted octanol–water partition coefficient (Wildman–Crippen LogP) is 6.21. The molecule has 308 valence electrons. The van der Waals surface area contributed by atoms with Crippen LogP contribution in [0.15, 0.2) is 60.7 Å². The van der Waals surface area contributed by atoms with E-state index in [4.69, 9.17) is 18.2 Å². The summed E-state index contributed by atoms with van der Waals surface area (Å²) in [5.41, 5.74) is 6.51. The Bertz CT molecular complexity index is 2170. The molecule has 9 rings (SSSR count). The summed E-state index contributed by atoms with van der Waals surface area (Å²) >= 11 is 6.39. The normalized spacial score (nSPS) is 23.8. The van der Waals surface area contributed by atoms with Gasteiger partial charge < -0.3 is 24.5 Å². The van der Waals surface area contributed by atoms with Gasteiger partial charge in [-0.25, -0.2) is 4.85 Å². The number of imide groups is 1. The number of nitrogens with zero attached hydrogens (tertiary/aromatic N) is 7. The summed E-state index contributed by atoms with van der Waals surface area (Å²) in [6, 6.07) is 19.9. The average molecular weight is 817 g/mol. The highest BCUT2D eigenvalue weighted by atomic mass is 35.5. The van der Waals surface area contributed by atoms with Crippen molar-refractivity contribution in [3.63, 3.8) is 0 Å². The summed E-state index contributed by atoms with van der Waals surface area (Å²) in [5, 5.41) is 2.90. The molecule has 59 heavy (non-hydrogen) atoms. The number of amides is 4. The number of anilines is 3. The largest absolute Gasteiger partial charge is 0.371 e. The molecule has 5 saturated heterocycles. The van der Waals surface area contributed by atoms with Crippen molar-refractivity contribution in [2.75, 3.05) is 80.1 Å². The van der Waals surface area contributed by atoms with Crippen LogP contribution in [0.4, 0.5) is 22.7 Å². The van der Waals surface area contributed by atoms with E-state index in [9.17, 15) is 19.2 Å². The minimum atomic E-state index is -0.602. The van der Waals surface area contributed by atoms with Crippen LogP contribution in [-0.4, -0.2) is 116 Å². The average Bonchev–Trinajstić information content (AvgIpc) is 3.75. The zero-order valence-electron chi connectivity index (χ0n) is 33.9. The highest BCUT2D eigenvalue weighted by Crippen LogP contribution is 2.46. The fraction of sp³-hybridized carbons (Fsp3) is 0.500. The highest BCUT2D eigenvalue weighted by molar-refractivity contribution is 6.33. The van der Waals surface area contributed by atoms with Gasteiger partial charge in [-0.3, -0.25) is 29.4 Å². The molecule has 5 fully saturated rings. The van der Waals surface area contributed by atoms with Gasteiger partial charge in [0.15, 0.2) is 0 Å². The molecule has 0 aromatic heterocycles. The predicted molar refractivity (Wildman–Crippen MR) is 229 cm³/mol. The van der Waals surface area contributed by atoms with Crippen LogP contribution in [0.5, 0.6) is 0 Å². The maximum absolute atomic E-state index is 13.6. The second kappa shape index (κ2) is 16.1. The van der Waals surface area contributed by atoms with Gasteiger partial charge in [0.05, 0.1) is 6.57 Å². The molecule has 4 amide bonds. The summed E-state index contributed by atoms with van der Waals surface area (Å²) in [6.07, 6.45) is 6.04. The zero-order valence-corrected chi connectivity index (χ0v) is 34.6. The van der Waals surface area contributed by atoms with Crippen molar-refractivity contribution in [2.24, 2.45) is 11.3 Å². The number of hydrogen-bond donors (Lipinski definition) is 1. The third-order valence-corrected chi connectivity index (χ3v) is 14.4. The summed E-state index contributed by atoms with van der Waals surface area (Å²) < 4.78 is 0. The first-order chi connectivity index (χ1) is 28.6. The Labute approximate surface area is 351 Å². The first-order valence-corrected chi connectivity index (χ1v) is 21.8. The van der Waals surface area contributed by atoms with Crippen LogP contribution in [0.25, 0.3) is 4.85 Å². The van der Waals surface area contributed by atoms with E-state index in [1.165, 1.54) is 5.69 Å². The lowest BCUT2D eigenvalue weighted by Crippen LogP contribution is -2.52. The molecule has 6 heterocycles. The SMILES string of the molecule is [C-]#[N+]c1ccc(N2CC3(CCN(c4ccc(C(=O)N5CCC(CN6CCN(c7ccc8c(c7)CN(C7CCC(=O)NC7=O)C8=O)CC6)CC5)cc4)CC3)CC2C)cc1Cl. The Morgan fingerprint density at radius 1 is 0.831 bits per heavy atom. The fourth-order valence-electron chi connectivity index (χ4n) is 10.7. The second-order valence-electron chi connectivity index (χ2n) is 17.7. The molecule has 3 aromatic carbocycles. The van der Waals surface area contributed by atoms with Crippen molar-refractivity contribution in [3.8, 4) is 0 Å². The third kappa shape index (κ3) is 7.87. The van der Waals surface area contributed by atoms with E-state index in [2.05, 4.69) is 54.9 Å². The summed E-state index contributed by atoms with van der Waals surface area (Å²) in [6.45, 7) is 19.4. The van der Waals surface area contributed by atoms with E-state index < -0.39 is 6.04 Å². The maximum atomic E-state index is 13.6. The Hall–Kier alpha value is -5.12. The van der Waals surface area contributed by atoms with Crippen LogP contribution in [0.1, 0.15) is 78.1 Å². The van der Waals surface area contributed by atoms with Crippen molar-refractivity contribution >= 4 is 58.0 Å². The van der Waals surface area contributed by atoms with Crippen molar-refractivity contribution in [1.29, 1.82) is 0 Å². The monoisotopic (exact) mass is 816 g/mol. The van der Waals surface area contributed by atoms with Gasteiger partial charge in [-0.1, -0.05) is 17.7 Å². The number of piperidine rings is 3. The van der Waals surface area contributed by atoms with Gasteiger partial charge in [0.2, 0.25) is 17.5 Å². The lowest BCUT2D eigenvalue weighted by atomic mass is 9.76. The van der Waals surface area contributed by atoms with Gasteiger partial charge >= 0.3 is 0 Å². The topological polar surface area (TPSA) is 104 Å². The van der Waals surface area contributed by atoms with Gasteiger partial charge in [-0.05, 0) is 117 Å². The number of carbonyl (C=O) groups is 4. The number of rotatable bonds is 7. The molecular formula is C46H53ClN8O4. The smallest absolute Gasteiger partial charge is 0.255 e. The Morgan fingerprint density at radius 3 is 2.22 bits per heavy atom. The number of halogens is 1. The number of hydrogen-bond acceptors (Lipinski definition) is 8. The molecular weight excluding hydrogens is 764 g/mol. The van der Waals surface area contributed by atoms with E-state index in [1.807, 2.05) is 47.4 Å². The lowest BCUT2D eigenvalue weighted by Gasteiger charge is -2.40. The van der Waals surface area contributed by atoms with E-state index in [0.29, 0.717) is 41.2 Å². The Balaban J connectivity index is 0.710. The summed E-state index contributed by atoms with van der Waals surface area (Å²) in [5.74, 6) is -0.107. The molecule has 6 aliphatic rings. The van der Waals surface area contributed by atoms with Crippen LogP contribution in [0.3, 0.4) is 0 Å². The maximum Gasteiger partial charge on any atom is 0.255 e. The number of benzene rings is 3. The molecule has 13 heteroatoms. The zero-order chi connectivity index (χ0) is 40.8. The molecule has 6 aliphatic heterocycles. The number of nitrogens with one attached hydrogen (secondary N) is 1. The molecule has 1 spiro atoms. The standard InChI is InChI=1S/C46H53ClN8O4/c1-31-27-46(30-55(31)37-8-10-40(48-2)39(47)26-37)15-19-51(20-16-46)35-5-3-33(4-6-35)44(58)53-17-13-32(14-18-53)28-50-21-23-52(24-22-50)36-7-9-38-34(25-36)29-54(45(38)59)41-11-12-42(56)49-43(41)57/h3-10,25-26,31-32,41H,11-24,27-30H2,1H3,(H,49,56,57). The van der Waals surface area contributed by atoms with Gasteiger partial charge in [0.1, 0.15) is 6.04 Å². The van der Waals surface area contributed by atoms with E-state index in [1.54, 1.807) is 4.90 Å². The lowest BCUT2D eigenvalue weighted by molar-refractivity contribution is -0.136. The second-order valence-corrected chi connectivity index (χ2v) is 18.1.